The Hall–Kier alpha value is 0.722. The van der Waals surface area contributed by atoms with E-state index >= 15 is 0 Å². The van der Waals surface area contributed by atoms with Crippen LogP contribution in [0.4, 0.5) is 0 Å². The van der Waals surface area contributed by atoms with Gasteiger partial charge in [0.25, 0.3) is 0 Å². The Kier molecular flexibility index (Phi) is 15.0. The summed E-state index contributed by atoms with van der Waals surface area (Å²) in [5.74, 6) is 0. The van der Waals surface area contributed by atoms with E-state index in [0.29, 0.717) is 0 Å². The minimum absolute atomic E-state index is 1.27. The molecule has 0 aromatic carbocycles. The van der Waals surface area contributed by atoms with Crippen molar-refractivity contribution in [3.05, 3.63) is 0 Å². The second-order valence-electron chi connectivity index (χ2n) is 1.02. The highest BCUT2D eigenvalue weighted by Crippen LogP contribution is 1.99. The van der Waals surface area contributed by atoms with Crippen LogP contribution in [0, 0.1) is 0 Å². The molecule has 0 saturated carbocycles. The second-order valence-corrected chi connectivity index (χ2v) is 3.06. The number of hydrogen-bond acceptors (Lipinski definition) is 1. The first-order chi connectivity index (χ1) is 3.15. The molecule has 0 heterocycles. The molecule has 1 radical (unpaired) electrons. The van der Waals surface area contributed by atoms with Gasteiger partial charge in [-0.15, -0.1) is 5.28 Å². The van der Waals surface area contributed by atoms with Gasteiger partial charge in [-0.25, -0.2) is 0 Å². The highest BCUT2D eigenvalue weighted by molar-refractivity contribution is 7.36. The summed E-state index contributed by atoms with van der Waals surface area (Å²) < 4.78 is 9.19. The van der Waals surface area contributed by atoms with Gasteiger partial charge in [-0.3, -0.25) is 4.57 Å². The third-order valence-corrected chi connectivity index (χ3v) is 0. The minimum atomic E-state index is -2.13. The first kappa shape index (κ1) is 10.7. The average Bonchev–Trinajstić information content (AvgIpc) is 1.33. The molecule has 2 nitrogen and oxygen atoms in total. The Morgan fingerprint density at radius 3 is 1.86 bits per heavy atom. The Labute approximate surface area is 53.2 Å². The Balaban J connectivity index is 0. The quantitative estimate of drug-likeness (QED) is 0.387. The highest BCUT2D eigenvalue weighted by atomic mass is 31.1. The van der Waals surface area contributed by atoms with Crippen LogP contribution >= 0.6 is 8.03 Å². The zero-order chi connectivity index (χ0) is 6.28. The molecule has 7 heavy (non-hydrogen) atoms. The largest absolute Gasteiger partial charge is 0.346 e. The maximum Gasteiger partial charge on any atom is 0.186 e. The van der Waals surface area contributed by atoms with Crippen molar-refractivity contribution in [1.82, 2.24) is 0 Å². The van der Waals surface area contributed by atoms with Gasteiger partial charge in [0.15, 0.2) is 24.3 Å². The normalized spacial score (nSPS) is 11.3. The molecule has 0 aliphatic carbocycles. The van der Waals surface area contributed by atoms with Crippen molar-refractivity contribution in [3.8, 4) is 0 Å². The van der Waals surface area contributed by atoms with Crippen LogP contribution in [0.1, 0.15) is 6.92 Å². The molecule has 0 aromatic rings. The van der Waals surface area contributed by atoms with E-state index in [-0.39, 0.29) is 0 Å². The molecule has 0 aliphatic rings. The van der Waals surface area contributed by atoms with Crippen LogP contribution in [0.15, 0.2) is 0 Å². The molecule has 1 atom stereocenters. The molecule has 43 valence electrons. The van der Waals surface area contributed by atoms with Crippen molar-refractivity contribution in [2.45, 2.75) is 12.2 Å². The van der Waals surface area contributed by atoms with Gasteiger partial charge in [0.1, 0.15) is 0 Å². The lowest BCUT2D eigenvalue weighted by molar-refractivity contribution is 0.509. The zero-order valence-corrected chi connectivity index (χ0v) is 7.18. The molecular weight excluding hydrogens is 126 g/mol. The molecule has 0 rings (SSSR count). The lowest BCUT2D eigenvalue weighted by Gasteiger charge is -1.61. The van der Waals surface area contributed by atoms with E-state index in [0.717, 1.165) is 0 Å². The van der Waals surface area contributed by atoms with Gasteiger partial charge in [0.2, 0.25) is 0 Å². The van der Waals surface area contributed by atoms with Gasteiger partial charge >= 0.3 is 0 Å². The van der Waals surface area contributed by atoms with E-state index in [1.165, 1.54) is 11.9 Å². The SMILES string of the molecule is C[CH2][AlH].C[PH](=O)O. The van der Waals surface area contributed by atoms with Crippen molar-refractivity contribution in [3.63, 3.8) is 0 Å². The Morgan fingerprint density at radius 1 is 1.86 bits per heavy atom. The third kappa shape index (κ3) is 287. The second kappa shape index (κ2) is 9.87. The molecular formula is C3H11AlO2P. The van der Waals surface area contributed by atoms with Crippen LogP contribution in [-0.2, 0) is 4.57 Å². The van der Waals surface area contributed by atoms with Crippen LogP contribution in [0.25, 0.3) is 0 Å². The molecule has 0 aliphatic heterocycles. The topological polar surface area (TPSA) is 37.3 Å². The zero-order valence-electron chi connectivity index (χ0n) is 4.77. The molecule has 4 heteroatoms. The molecule has 0 aromatic heterocycles. The fourth-order valence-electron chi connectivity index (χ4n) is 0. The van der Waals surface area contributed by atoms with Crippen LogP contribution < -0.4 is 0 Å². The van der Waals surface area contributed by atoms with Crippen molar-refractivity contribution in [2.75, 3.05) is 6.66 Å². The van der Waals surface area contributed by atoms with E-state index in [1.54, 1.807) is 0 Å². The summed E-state index contributed by atoms with van der Waals surface area (Å²) in [5, 5.41) is 1.28. The fraction of sp³-hybridized carbons (Fsp3) is 1.00. The standard InChI is InChI=1S/C2H5.CH5O2P.Al.H/c1-2;1-4(2)3;;/h1H2,2H3;4H,1H3,(H,2,3);;. The van der Waals surface area contributed by atoms with E-state index in [4.69, 9.17) is 4.89 Å². The summed E-state index contributed by atoms with van der Waals surface area (Å²) in [6.07, 6.45) is 0. The molecule has 0 fully saturated rings. The summed E-state index contributed by atoms with van der Waals surface area (Å²) in [7, 11) is -2.13. The minimum Gasteiger partial charge on any atom is -0.346 e. The monoisotopic (exact) mass is 137 g/mol. The number of hydrogen-bond donors (Lipinski definition) is 1. The van der Waals surface area contributed by atoms with Gasteiger partial charge in [-0.2, -0.15) is 0 Å². The van der Waals surface area contributed by atoms with Gasteiger partial charge in [0.05, 0.1) is 0 Å². The van der Waals surface area contributed by atoms with Crippen molar-refractivity contribution in [1.29, 1.82) is 0 Å². The maximum atomic E-state index is 9.19. The molecule has 0 saturated heterocycles. The average molecular weight is 137 g/mol. The fourth-order valence-corrected chi connectivity index (χ4v) is 0. The third-order valence-electron chi connectivity index (χ3n) is 0. The molecule has 0 spiro atoms. The number of rotatable bonds is 0. The summed E-state index contributed by atoms with van der Waals surface area (Å²) in [5.41, 5.74) is 0. The van der Waals surface area contributed by atoms with E-state index in [2.05, 4.69) is 6.92 Å². The summed E-state index contributed by atoms with van der Waals surface area (Å²) >= 11 is 1.97. The summed E-state index contributed by atoms with van der Waals surface area (Å²) in [4.78, 5) is 7.60. The summed E-state index contributed by atoms with van der Waals surface area (Å²) in [6.45, 7) is 3.41. The first-order valence-electron chi connectivity index (χ1n) is 2.13. The van der Waals surface area contributed by atoms with Crippen LogP contribution in [0.5, 0.6) is 0 Å². The Morgan fingerprint density at radius 2 is 1.86 bits per heavy atom. The van der Waals surface area contributed by atoms with Gasteiger partial charge in [-0.05, 0) is 0 Å². The van der Waals surface area contributed by atoms with E-state index < -0.39 is 8.03 Å². The Bertz CT molecular complexity index is 44.2. The van der Waals surface area contributed by atoms with Crippen molar-refractivity contribution >= 4 is 24.3 Å². The lowest BCUT2D eigenvalue weighted by atomic mass is 11.0. The van der Waals surface area contributed by atoms with Crippen LogP contribution in [0.3, 0.4) is 0 Å². The first-order valence-corrected chi connectivity index (χ1v) is 4.99. The predicted molar refractivity (Wildman–Crippen MR) is 34.8 cm³/mol. The van der Waals surface area contributed by atoms with Gasteiger partial charge in [0, 0.05) is 6.66 Å². The van der Waals surface area contributed by atoms with Gasteiger partial charge in [-0.1, -0.05) is 6.92 Å². The highest BCUT2D eigenvalue weighted by Gasteiger charge is 1.60. The van der Waals surface area contributed by atoms with Crippen molar-refractivity contribution in [2.24, 2.45) is 0 Å². The van der Waals surface area contributed by atoms with Crippen LogP contribution in [-0.4, -0.2) is 27.8 Å². The van der Waals surface area contributed by atoms with E-state index in [9.17, 15) is 4.57 Å². The maximum absolute atomic E-state index is 9.19. The molecule has 1 unspecified atom stereocenters. The molecule has 0 bridgehead atoms. The van der Waals surface area contributed by atoms with Crippen molar-refractivity contribution < 1.29 is 9.46 Å². The van der Waals surface area contributed by atoms with Gasteiger partial charge < -0.3 is 4.89 Å². The van der Waals surface area contributed by atoms with E-state index in [1.807, 2.05) is 16.3 Å². The lowest BCUT2D eigenvalue weighted by Crippen LogP contribution is -1.41. The smallest absolute Gasteiger partial charge is 0.186 e. The predicted octanol–water partition coefficient (Wildman–Crippen LogP) is 0.409. The molecule has 0 amide bonds. The summed E-state index contributed by atoms with van der Waals surface area (Å²) in [6, 6.07) is 0. The molecule has 1 N–H and O–H groups in total. The van der Waals surface area contributed by atoms with Crippen LogP contribution in [0.2, 0.25) is 5.28 Å².